The van der Waals surface area contributed by atoms with E-state index in [2.05, 4.69) is 4.98 Å². The van der Waals surface area contributed by atoms with Crippen molar-refractivity contribution in [3.8, 4) is 0 Å². The van der Waals surface area contributed by atoms with Crippen LogP contribution in [0.15, 0.2) is 27.8 Å². The summed E-state index contributed by atoms with van der Waals surface area (Å²) in [6.45, 7) is 4.21. The molecule has 2 heterocycles. The lowest BCUT2D eigenvalue weighted by molar-refractivity contribution is -0.150. The Labute approximate surface area is 149 Å². The number of hydrogen-bond acceptors (Lipinski definition) is 4. The Hall–Kier alpha value is -2.90. The Kier molecular flexibility index (Phi) is 4.43. The number of fused-ring (bicyclic) bond motifs is 1. The van der Waals surface area contributed by atoms with Crippen LogP contribution in [0.3, 0.4) is 0 Å². The number of nitrogens with zero attached hydrogens (tertiary/aromatic N) is 2. The Balaban J connectivity index is 1.98. The highest BCUT2D eigenvalue weighted by Crippen LogP contribution is 2.30. The summed E-state index contributed by atoms with van der Waals surface area (Å²) < 4.78 is 1.09. The number of rotatable bonds is 3. The Morgan fingerprint density at radius 3 is 2.69 bits per heavy atom. The van der Waals surface area contributed by atoms with Crippen molar-refractivity contribution >= 4 is 22.8 Å². The van der Waals surface area contributed by atoms with Gasteiger partial charge in [0.25, 0.3) is 11.5 Å². The number of carboxylic acid groups (broad SMARTS) is 1. The number of carboxylic acids is 1. The smallest absolute Gasteiger partial charge is 0.328 e. The van der Waals surface area contributed by atoms with Gasteiger partial charge in [-0.05, 0) is 44.9 Å². The number of aromatic amines is 1. The first-order chi connectivity index (χ1) is 12.3. The number of benzene rings is 1. The second-order valence-corrected chi connectivity index (χ2v) is 6.94. The third kappa shape index (κ3) is 2.91. The van der Waals surface area contributed by atoms with Gasteiger partial charge in [0.05, 0.1) is 16.3 Å². The molecule has 1 saturated heterocycles. The topological polar surface area (TPSA) is 112 Å². The summed E-state index contributed by atoms with van der Waals surface area (Å²) in [6.07, 6.45) is 1.13. The number of carbonyl (C=O) groups excluding carboxylic acids is 1. The molecule has 1 aliphatic heterocycles. The highest BCUT2D eigenvalue weighted by atomic mass is 16.4. The van der Waals surface area contributed by atoms with Crippen LogP contribution in [-0.2, 0) is 11.3 Å². The standard InChI is InChI=1S/C18H21N3O5/c1-3-21-15(23)12-6-5-11(9-13(12)19-17(21)26)14(22)20-8-4-7-18(2,10-20)16(24)25/h5-6,9H,3-4,7-8,10H2,1-2H3,(H,19,26)(H,24,25). The Morgan fingerprint density at radius 1 is 1.31 bits per heavy atom. The number of amides is 1. The fourth-order valence-electron chi connectivity index (χ4n) is 3.44. The van der Waals surface area contributed by atoms with Crippen LogP contribution in [0, 0.1) is 5.41 Å². The quantitative estimate of drug-likeness (QED) is 0.850. The molecule has 1 fully saturated rings. The van der Waals surface area contributed by atoms with Gasteiger partial charge >= 0.3 is 11.7 Å². The number of carbonyl (C=O) groups is 2. The third-order valence-corrected chi connectivity index (χ3v) is 5.05. The lowest BCUT2D eigenvalue weighted by atomic mass is 9.82. The molecule has 0 spiro atoms. The van der Waals surface area contributed by atoms with Crippen molar-refractivity contribution < 1.29 is 14.7 Å². The molecule has 2 aromatic rings. The molecule has 8 nitrogen and oxygen atoms in total. The average molecular weight is 359 g/mol. The average Bonchev–Trinajstić information content (AvgIpc) is 2.61. The number of hydrogen-bond donors (Lipinski definition) is 2. The van der Waals surface area contributed by atoms with E-state index in [1.54, 1.807) is 13.8 Å². The van der Waals surface area contributed by atoms with Crippen molar-refractivity contribution in [3.05, 3.63) is 44.6 Å². The summed E-state index contributed by atoms with van der Waals surface area (Å²) in [5.74, 6) is -1.22. The first-order valence-electron chi connectivity index (χ1n) is 8.56. The Morgan fingerprint density at radius 2 is 2.04 bits per heavy atom. The third-order valence-electron chi connectivity index (χ3n) is 5.05. The zero-order valence-electron chi connectivity index (χ0n) is 14.7. The van der Waals surface area contributed by atoms with Crippen molar-refractivity contribution in [2.24, 2.45) is 5.41 Å². The molecular weight excluding hydrogens is 338 g/mol. The van der Waals surface area contributed by atoms with E-state index in [9.17, 15) is 24.3 Å². The highest BCUT2D eigenvalue weighted by Gasteiger charge is 2.39. The van der Waals surface area contributed by atoms with Crippen molar-refractivity contribution in [1.29, 1.82) is 0 Å². The maximum atomic E-state index is 12.8. The van der Waals surface area contributed by atoms with Gasteiger partial charge in [-0.3, -0.25) is 19.0 Å². The number of H-pyrrole nitrogens is 1. The van der Waals surface area contributed by atoms with Gasteiger partial charge in [-0.2, -0.15) is 0 Å². The zero-order chi connectivity index (χ0) is 19.1. The van der Waals surface area contributed by atoms with Crippen molar-refractivity contribution in [2.75, 3.05) is 13.1 Å². The van der Waals surface area contributed by atoms with Crippen LogP contribution >= 0.6 is 0 Å². The summed E-state index contributed by atoms with van der Waals surface area (Å²) >= 11 is 0. The minimum absolute atomic E-state index is 0.132. The lowest BCUT2D eigenvalue weighted by Crippen LogP contribution is -2.48. The fraction of sp³-hybridized carbons (Fsp3) is 0.444. The highest BCUT2D eigenvalue weighted by molar-refractivity contribution is 5.98. The van der Waals surface area contributed by atoms with E-state index in [-0.39, 0.29) is 19.0 Å². The summed E-state index contributed by atoms with van der Waals surface area (Å²) in [6, 6.07) is 4.54. The maximum absolute atomic E-state index is 12.8. The van der Waals surface area contributed by atoms with E-state index in [1.165, 1.54) is 23.1 Å². The van der Waals surface area contributed by atoms with Crippen molar-refractivity contribution in [1.82, 2.24) is 14.5 Å². The first kappa shape index (κ1) is 17.9. The van der Waals surface area contributed by atoms with Gasteiger partial charge in [0, 0.05) is 25.2 Å². The summed E-state index contributed by atoms with van der Waals surface area (Å²) in [5, 5.41) is 9.74. The van der Waals surface area contributed by atoms with E-state index in [1.807, 2.05) is 0 Å². The van der Waals surface area contributed by atoms with Gasteiger partial charge in [0.1, 0.15) is 0 Å². The fourth-order valence-corrected chi connectivity index (χ4v) is 3.44. The minimum Gasteiger partial charge on any atom is -0.481 e. The number of aromatic nitrogens is 2. The molecule has 0 bridgehead atoms. The van der Waals surface area contributed by atoms with Crippen LogP contribution in [0.25, 0.3) is 10.9 Å². The second-order valence-electron chi connectivity index (χ2n) is 6.94. The molecule has 1 aliphatic rings. The van der Waals surface area contributed by atoms with E-state index in [4.69, 9.17) is 0 Å². The minimum atomic E-state index is -0.964. The summed E-state index contributed by atoms with van der Waals surface area (Å²) in [5.41, 5.74) is -1.27. The number of nitrogens with one attached hydrogen (secondary N) is 1. The molecular formula is C18H21N3O5. The molecule has 1 atom stereocenters. The van der Waals surface area contributed by atoms with Gasteiger partial charge in [-0.15, -0.1) is 0 Å². The van der Waals surface area contributed by atoms with E-state index in [0.29, 0.717) is 35.9 Å². The molecule has 26 heavy (non-hydrogen) atoms. The van der Waals surface area contributed by atoms with Crippen LogP contribution in [0.4, 0.5) is 0 Å². The van der Waals surface area contributed by atoms with E-state index < -0.39 is 22.6 Å². The van der Waals surface area contributed by atoms with Gasteiger partial charge in [0.15, 0.2) is 0 Å². The first-order valence-corrected chi connectivity index (χ1v) is 8.56. The summed E-state index contributed by atoms with van der Waals surface area (Å²) in [4.78, 5) is 52.7. The zero-order valence-corrected chi connectivity index (χ0v) is 14.7. The summed E-state index contributed by atoms with van der Waals surface area (Å²) in [7, 11) is 0. The molecule has 1 unspecified atom stereocenters. The number of aliphatic carboxylic acids is 1. The molecule has 2 N–H and O–H groups in total. The lowest BCUT2D eigenvalue weighted by Gasteiger charge is -2.37. The largest absolute Gasteiger partial charge is 0.481 e. The van der Waals surface area contributed by atoms with Crippen LogP contribution in [-0.4, -0.2) is 44.5 Å². The van der Waals surface area contributed by atoms with Gasteiger partial charge in [0.2, 0.25) is 0 Å². The predicted molar refractivity (Wildman–Crippen MR) is 95.4 cm³/mol. The Bertz CT molecular complexity index is 1010. The normalized spacial score (nSPS) is 20.3. The van der Waals surface area contributed by atoms with Crippen molar-refractivity contribution in [2.45, 2.75) is 33.2 Å². The van der Waals surface area contributed by atoms with Crippen LogP contribution in [0.1, 0.15) is 37.0 Å². The monoisotopic (exact) mass is 359 g/mol. The molecule has 1 aromatic carbocycles. The van der Waals surface area contributed by atoms with E-state index in [0.717, 1.165) is 4.57 Å². The van der Waals surface area contributed by atoms with Gasteiger partial charge in [-0.1, -0.05) is 0 Å². The molecule has 0 radical (unpaired) electrons. The number of piperidine rings is 1. The SMILES string of the molecule is CCn1c(=O)[nH]c2cc(C(=O)N3CCCC(C)(C(=O)O)C3)ccc2c1=O. The number of likely N-dealkylation sites (tertiary alicyclic amines) is 1. The van der Waals surface area contributed by atoms with Gasteiger partial charge in [-0.25, -0.2) is 4.79 Å². The maximum Gasteiger partial charge on any atom is 0.328 e. The molecule has 1 amide bonds. The van der Waals surface area contributed by atoms with Gasteiger partial charge < -0.3 is 15.0 Å². The molecule has 138 valence electrons. The molecule has 0 saturated carbocycles. The second kappa shape index (κ2) is 6.44. The van der Waals surface area contributed by atoms with Crippen LogP contribution in [0.2, 0.25) is 0 Å². The molecule has 0 aliphatic carbocycles. The predicted octanol–water partition coefficient (Wildman–Crippen LogP) is 1.04. The van der Waals surface area contributed by atoms with Crippen molar-refractivity contribution in [3.63, 3.8) is 0 Å². The van der Waals surface area contributed by atoms with E-state index >= 15 is 0 Å². The van der Waals surface area contributed by atoms with Crippen LogP contribution < -0.4 is 11.2 Å². The van der Waals surface area contributed by atoms with Crippen LogP contribution in [0.5, 0.6) is 0 Å². The molecule has 1 aromatic heterocycles. The molecule has 8 heteroatoms. The molecule has 3 rings (SSSR count).